The summed E-state index contributed by atoms with van der Waals surface area (Å²) >= 11 is 0. The van der Waals surface area contributed by atoms with Crippen LogP contribution < -0.4 is 11.1 Å². The average molecular weight is 276 g/mol. The normalized spacial score (nSPS) is 28.6. The van der Waals surface area contributed by atoms with Gasteiger partial charge in [0.05, 0.1) is 6.04 Å². The molecule has 0 bridgehead atoms. The Hall–Kier alpha value is -1.13. The highest BCUT2D eigenvalue weighted by Crippen LogP contribution is 2.44. The fourth-order valence-corrected chi connectivity index (χ4v) is 3.86. The van der Waals surface area contributed by atoms with Gasteiger partial charge in [-0.25, -0.2) is 0 Å². The van der Waals surface area contributed by atoms with Crippen LogP contribution in [-0.2, 0) is 0 Å². The lowest BCUT2D eigenvalue weighted by atomic mass is 9.69. The van der Waals surface area contributed by atoms with Crippen molar-refractivity contribution < 1.29 is 0 Å². The van der Waals surface area contributed by atoms with Gasteiger partial charge in [-0.2, -0.15) is 0 Å². The molecule has 2 rings (SSSR count). The number of hydrogen-bond donors (Lipinski definition) is 2. The molecule has 1 aliphatic carbocycles. The maximum absolute atomic E-state index is 6.20. The topological polar surface area (TPSA) is 54.2 Å². The van der Waals surface area contributed by atoms with Gasteiger partial charge >= 0.3 is 0 Å². The number of nitrogens with two attached hydrogens (primary N) is 1. The lowest BCUT2D eigenvalue weighted by molar-refractivity contribution is 0.0394. The molecule has 0 radical (unpaired) electrons. The molecule has 4 heteroatoms. The number of anilines is 1. The molecule has 4 nitrogen and oxygen atoms in total. The van der Waals surface area contributed by atoms with Gasteiger partial charge in [0.15, 0.2) is 0 Å². The summed E-state index contributed by atoms with van der Waals surface area (Å²) in [5.74, 6) is 0.750. The van der Waals surface area contributed by atoms with E-state index in [4.69, 9.17) is 5.73 Å². The van der Waals surface area contributed by atoms with Gasteiger partial charge < -0.3 is 16.0 Å². The minimum Gasteiger partial charge on any atom is -0.398 e. The second-order valence-electron chi connectivity index (χ2n) is 6.43. The third kappa shape index (κ3) is 2.67. The van der Waals surface area contributed by atoms with Gasteiger partial charge in [0, 0.05) is 29.2 Å². The number of hydrogen-bond acceptors (Lipinski definition) is 4. The standard InChI is InChI=1S/C16H28N4/c1-12-6-5-8-16(10-12,20(3)4)15(18-2)13-11-19-9-7-14(13)17/h7,9,11-12,15,18H,5-6,8,10H2,1-4H3,(H2,17,19). The smallest absolute Gasteiger partial charge is 0.0540 e. The fourth-order valence-electron chi connectivity index (χ4n) is 3.86. The molecule has 1 saturated carbocycles. The predicted molar refractivity (Wildman–Crippen MR) is 84.5 cm³/mol. The maximum Gasteiger partial charge on any atom is 0.0540 e. The molecule has 3 N–H and O–H groups in total. The molecule has 0 aromatic carbocycles. The van der Waals surface area contributed by atoms with Gasteiger partial charge in [-0.3, -0.25) is 4.98 Å². The van der Waals surface area contributed by atoms with E-state index in [0.29, 0.717) is 0 Å². The van der Waals surface area contributed by atoms with E-state index in [0.717, 1.165) is 17.2 Å². The predicted octanol–water partition coefficient (Wildman–Crippen LogP) is 2.43. The van der Waals surface area contributed by atoms with Gasteiger partial charge in [0.2, 0.25) is 0 Å². The Labute approximate surface area is 122 Å². The average Bonchev–Trinajstić information content (AvgIpc) is 2.41. The monoisotopic (exact) mass is 276 g/mol. The molecule has 3 atom stereocenters. The number of aromatic nitrogens is 1. The molecule has 112 valence electrons. The summed E-state index contributed by atoms with van der Waals surface area (Å²) in [6, 6.07) is 2.11. The molecule has 0 spiro atoms. The Kier molecular flexibility index (Phi) is 4.66. The van der Waals surface area contributed by atoms with Crippen LogP contribution in [0.25, 0.3) is 0 Å². The molecule has 20 heavy (non-hydrogen) atoms. The van der Waals surface area contributed by atoms with Crippen LogP contribution in [-0.4, -0.2) is 36.6 Å². The van der Waals surface area contributed by atoms with Crippen molar-refractivity contribution in [1.29, 1.82) is 0 Å². The minimum absolute atomic E-state index is 0.115. The number of rotatable bonds is 4. The van der Waals surface area contributed by atoms with E-state index in [9.17, 15) is 0 Å². The molecule has 0 saturated heterocycles. The van der Waals surface area contributed by atoms with Crippen LogP contribution in [0.3, 0.4) is 0 Å². The van der Waals surface area contributed by atoms with Crippen LogP contribution in [0.2, 0.25) is 0 Å². The molecule has 1 fully saturated rings. The van der Waals surface area contributed by atoms with E-state index in [2.05, 4.69) is 36.2 Å². The van der Waals surface area contributed by atoms with E-state index in [-0.39, 0.29) is 11.6 Å². The van der Waals surface area contributed by atoms with E-state index < -0.39 is 0 Å². The third-order valence-corrected chi connectivity index (χ3v) is 4.92. The highest BCUT2D eigenvalue weighted by Gasteiger charge is 2.44. The molecular formula is C16H28N4. The zero-order valence-corrected chi connectivity index (χ0v) is 13.2. The highest BCUT2D eigenvalue weighted by atomic mass is 15.2. The first-order valence-electron chi connectivity index (χ1n) is 7.55. The first-order chi connectivity index (χ1) is 9.51. The van der Waals surface area contributed by atoms with Crippen molar-refractivity contribution in [2.24, 2.45) is 5.92 Å². The first kappa shape index (κ1) is 15.3. The molecule has 3 unspecified atom stereocenters. The molecule has 0 aliphatic heterocycles. The van der Waals surface area contributed by atoms with Gasteiger partial charge in [0.1, 0.15) is 0 Å². The van der Waals surface area contributed by atoms with Crippen molar-refractivity contribution in [3.8, 4) is 0 Å². The van der Waals surface area contributed by atoms with Crippen LogP contribution in [0.15, 0.2) is 18.5 Å². The molecule has 1 aromatic heterocycles. The van der Waals surface area contributed by atoms with Crippen molar-refractivity contribution in [3.63, 3.8) is 0 Å². The van der Waals surface area contributed by atoms with Crippen LogP contribution in [0, 0.1) is 5.92 Å². The molecule has 1 aliphatic rings. The van der Waals surface area contributed by atoms with Crippen LogP contribution in [0.5, 0.6) is 0 Å². The summed E-state index contributed by atoms with van der Waals surface area (Å²) in [6.07, 6.45) is 8.68. The highest BCUT2D eigenvalue weighted by molar-refractivity contribution is 5.47. The lowest BCUT2D eigenvalue weighted by Crippen LogP contribution is -2.55. The van der Waals surface area contributed by atoms with Crippen molar-refractivity contribution in [3.05, 3.63) is 24.0 Å². The number of pyridine rings is 1. The molecule has 0 amide bonds. The Morgan fingerprint density at radius 1 is 1.50 bits per heavy atom. The van der Waals surface area contributed by atoms with Crippen molar-refractivity contribution >= 4 is 5.69 Å². The second kappa shape index (κ2) is 6.10. The van der Waals surface area contributed by atoms with Crippen LogP contribution in [0.4, 0.5) is 5.69 Å². The van der Waals surface area contributed by atoms with E-state index in [1.165, 1.54) is 25.7 Å². The van der Waals surface area contributed by atoms with Crippen molar-refractivity contribution in [2.75, 3.05) is 26.9 Å². The second-order valence-corrected chi connectivity index (χ2v) is 6.43. The largest absolute Gasteiger partial charge is 0.398 e. The Bertz CT molecular complexity index is 446. The van der Waals surface area contributed by atoms with Gasteiger partial charge in [0.25, 0.3) is 0 Å². The van der Waals surface area contributed by atoms with Gasteiger partial charge in [-0.1, -0.05) is 19.8 Å². The van der Waals surface area contributed by atoms with Gasteiger partial charge in [-0.15, -0.1) is 0 Å². The Morgan fingerprint density at radius 2 is 2.25 bits per heavy atom. The maximum atomic E-state index is 6.20. The molecule has 1 heterocycles. The minimum atomic E-state index is 0.115. The molecule has 1 aromatic rings. The summed E-state index contributed by atoms with van der Waals surface area (Å²) in [4.78, 5) is 6.67. The summed E-state index contributed by atoms with van der Waals surface area (Å²) in [6.45, 7) is 2.36. The Morgan fingerprint density at radius 3 is 2.80 bits per heavy atom. The Balaban J connectivity index is 2.43. The zero-order valence-electron chi connectivity index (χ0n) is 13.2. The lowest BCUT2D eigenvalue weighted by Gasteiger charge is -2.50. The zero-order chi connectivity index (χ0) is 14.8. The van der Waals surface area contributed by atoms with Gasteiger partial charge in [-0.05, 0) is 46.0 Å². The van der Waals surface area contributed by atoms with Crippen LogP contribution in [0.1, 0.15) is 44.2 Å². The van der Waals surface area contributed by atoms with E-state index in [1.807, 2.05) is 19.3 Å². The summed E-state index contributed by atoms with van der Waals surface area (Å²) in [7, 11) is 6.41. The van der Waals surface area contributed by atoms with Crippen molar-refractivity contribution in [1.82, 2.24) is 15.2 Å². The number of nitrogen functional groups attached to an aromatic ring is 1. The quantitative estimate of drug-likeness (QED) is 0.887. The third-order valence-electron chi connectivity index (χ3n) is 4.92. The summed E-state index contributed by atoms with van der Waals surface area (Å²) in [5.41, 5.74) is 8.27. The summed E-state index contributed by atoms with van der Waals surface area (Å²) < 4.78 is 0. The number of nitrogens with zero attached hydrogens (tertiary/aromatic N) is 2. The van der Waals surface area contributed by atoms with E-state index >= 15 is 0 Å². The SMILES string of the molecule is CNC(c1cnccc1N)C1(N(C)C)CCCC(C)C1. The van der Waals surface area contributed by atoms with Crippen molar-refractivity contribution in [2.45, 2.75) is 44.2 Å². The van der Waals surface area contributed by atoms with Crippen LogP contribution >= 0.6 is 0 Å². The summed E-state index contributed by atoms with van der Waals surface area (Å²) in [5, 5.41) is 3.51. The molecular weight excluding hydrogens is 248 g/mol. The first-order valence-corrected chi connectivity index (χ1v) is 7.55. The fraction of sp³-hybridized carbons (Fsp3) is 0.688. The number of nitrogens with one attached hydrogen (secondary N) is 1. The van der Waals surface area contributed by atoms with E-state index in [1.54, 1.807) is 6.20 Å². The number of likely N-dealkylation sites (N-methyl/N-ethyl adjacent to an activating group) is 2.